The zero-order valence-corrected chi connectivity index (χ0v) is 18.5. The second-order valence-electron chi connectivity index (χ2n) is 7.12. The Hall–Kier alpha value is -0.0775. The Morgan fingerprint density at radius 3 is 1.44 bits per heavy atom. The van der Waals surface area contributed by atoms with Gasteiger partial charge in [0.1, 0.15) is 0 Å². The van der Waals surface area contributed by atoms with Crippen LogP contribution in [0.5, 0.6) is 0 Å². The van der Waals surface area contributed by atoms with Crippen molar-refractivity contribution in [1.82, 2.24) is 0 Å². The number of carboxylic acids is 1. The first kappa shape index (κ1) is 27.1. The molecule has 25 heavy (non-hydrogen) atoms. The van der Waals surface area contributed by atoms with E-state index in [2.05, 4.69) is 6.92 Å². The van der Waals surface area contributed by atoms with Crippen LogP contribution >= 0.6 is 0 Å². The number of hydrogen-bond donors (Lipinski definition) is 0. The van der Waals surface area contributed by atoms with Crippen molar-refractivity contribution in [3.05, 3.63) is 0 Å². The maximum Gasteiger partial charge on any atom is 0.0414 e. The molecule has 0 aliphatic carbocycles. The third-order valence-corrected chi connectivity index (χ3v) is 4.95. The summed E-state index contributed by atoms with van der Waals surface area (Å²) in [4.78, 5) is 10.1. The summed E-state index contributed by atoms with van der Waals surface area (Å²) in [6, 6.07) is 0. The molecule has 0 atom stereocenters. The first-order valence-corrected chi connectivity index (χ1v) is 11.2. The van der Waals surface area contributed by atoms with Crippen molar-refractivity contribution in [1.29, 1.82) is 0 Å². The van der Waals surface area contributed by atoms with Crippen molar-refractivity contribution in [2.45, 2.75) is 124 Å². The summed E-state index contributed by atoms with van der Waals surface area (Å²) in [5.41, 5.74) is 0. The Morgan fingerprint density at radius 2 is 1.12 bits per heavy atom. The van der Waals surface area contributed by atoms with Crippen LogP contribution in [0.3, 0.4) is 0 Å². The first-order chi connectivity index (χ1) is 11.9. The maximum atomic E-state index is 10.1. The zero-order chi connectivity index (χ0) is 19.3. The van der Waals surface area contributed by atoms with Crippen LogP contribution < -0.4 is 5.11 Å². The molecule has 0 radical (unpaired) electrons. The SMILES string of the molecule is CC(C)[O][Al+][O]C(C)C.CCCCCCCCCCCCCC(=O)[O-]. The number of carboxylic acid groups (broad SMARTS) is 1. The summed E-state index contributed by atoms with van der Waals surface area (Å²) in [7, 11) is 0. The van der Waals surface area contributed by atoms with Crippen LogP contribution in [0.2, 0.25) is 0 Å². The van der Waals surface area contributed by atoms with Gasteiger partial charge in [0.25, 0.3) is 0 Å². The van der Waals surface area contributed by atoms with Crippen LogP contribution in [0.15, 0.2) is 0 Å². The van der Waals surface area contributed by atoms with Crippen molar-refractivity contribution in [2.75, 3.05) is 0 Å². The summed E-state index contributed by atoms with van der Waals surface area (Å²) in [6.07, 6.45) is 14.6. The third kappa shape index (κ3) is 32.1. The molecule has 0 rings (SSSR count). The molecule has 0 N–H and O–H groups in total. The Bertz CT molecular complexity index is 262. The van der Waals surface area contributed by atoms with Crippen LogP contribution in [0, 0.1) is 0 Å². The van der Waals surface area contributed by atoms with Gasteiger partial charge in [-0.2, -0.15) is 0 Å². The number of hydrogen-bond acceptors (Lipinski definition) is 4. The Labute approximate surface area is 163 Å². The van der Waals surface area contributed by atoms with E-state index in [1.165, 1.54) is 57.8 Å². The van der Waals surface area contributed by atoms with Crippen LogP contribution in [0.25, 0.3) is 0 Å². The molecule has 148 valence electrons. The minimum Gasteiger partial charge on any atom is -0.550 e. The number of carbonyl (C=O) groups excluding carboxylic acids is 1. The molecule has 5 heteroatoms. The van der Waals surface area contributed by atoms with Crippen molar-refractivity contribution < 1.29 is 17.5 Å². The molecule has 0 unspecified atom stereocenters. The van der Waals surface area contributed by atoms with Gasteiger partial charge in [-0.1, -0.05) is 71.1 Å². The van der Waals surface area contributed by atoms with Gasteiger partial charge in [0, 0.05) is 5.97 Å². The van der Waals surface area contributed by atoms with Gasteiger partial charge in [0.05, 0.1) is 0 Å². The molecule has 0 fully saturated rings. The zero-order valence-electron chi connectivity index (χ0n) is 17.4. The molecule has 0 saturated heterocycles. The topological polar surface area (TPSA) is 58.6 Å². The van der Waals surface area contributed by atoms with Crippen molar-refractivity contribution in [3.8, 4) is 0 Å². The van der Waals surface area contributed by atoms with Gasteiger partial charge in [-0.05, 0) is 12.8 Å². The van der Waals surface area contributed by atoms with E-state index in [9.17, 15) is 9.90 Å². The Morgan fingerprint density at radius 1 is 0.760 bits per heavy atom. The minimum atomic E-state index is -0.907. The summed E-state index contributed by atoms with van der Waals surface area (Å²) >= 11 is -0.245. The van der Waals surface area contributed by atoms with Crippen molar-refractivity contribution >= 4 is 21.9 Å². The normalized spacial score (nSPS) is 10.5. The van der Waals surface area contributed by atoms with Crippen molar-refractivity contribution in [3.63, 3.8) is 0 Å². The number of rotatable bonds is 16. The molecule has 0 aromatic carbocycles. The van der Waals surface area contributed by atoms with E-state index in [1.807, 2.05) is 27.7 Å². The first-order valence-electron chi connectivity index (χ1n) is 10.2. The van der Waals surface area contributed by atoms with Crippen LogP contribution in [0.1, 0.15) is 112 Å². The van der Waals surface area contributed by atoms with Crippen LogP contribution in [-0.4, -0.2) is 34.1 Å². The number of carbonyl (C=O) groups is 1. The molecule has 0 aromatic rings. The molecule has 0 spiro atoms. The summed E-state index contributed by atoms with van der Waals surface area (Å²) in [5, 5.41) is 10.1. The predicted molar refractivity (Wildman–Crippen MR) is 104 cm³/mol. The Kier molecular flexibility index (Phi) is 23.8. The monoisotopic (exact) mass is 372 g/mol. The molecule has 4 nitrogen and oxygen atoms in total. The minimum absolute atomic E-state index is 0.233. The Balaban J connectivity index is 0. The van der Waals surface area contributed by atoms with Crippen LogP contribution in [0.4, 0.5) is 0 Å². The van der Waals surface area contributed by atoms with Gasteiger partial charge < -0.3 is 9.90 Å². The van der Waals surface area contributed by atoms with Gasteiger partial charge in [0.2, 0.25) is 0 Å². The van der Waals surface area contributed by atoms with E-state index in [-0.39, 0.29) is 22.3 Å². The molecule has 0 aromatic heterocycles. The van der Waals surface area contributed by atoms with E-state index >= 15 is 0 Å². The van der Waals surface area contributed by atoms with E-state index in [4.69, 9.17) is 7.58 Å². The quantitative estimate of drug-likeness (QED) is 0.288. The fourth-order valence-corrected chi connectivity index (χ4v) is 2.70. The molecule has 0 aliphatic heterocycles. The summed E-state index contributed by atoms with van der Waals surface area (Å²) in [5.74, 6) is -0.907. The standard InChI is InChI=1S/C14H28O2.2C3H7O.Al/c1-2-3-4-5-6-7-8-9-10-11-12-13-14(15)16;2*1-3(2)4;/h2-13H2,1H3,(H,15,16);2*3H,1-2H3;/q;2*-1;+3/p-1. The van der Waals surface area contributed by atoms with E-state index < -0.39 is 5.97 Å². The average molecular weight is 373 g/mol. The molecule has 0 aliphatic rings. The largest absolute Gasteiger partial charge is 0.550 e. The van der Waals surface area contributed by atoms with Gasteiger partial charge in [-0.25, -0.2) is 0 Å². The fourth-order valence-electron chi connectivity index (χ4n) is 2.19. The molecule has 0 amide bonds. The van der Waals surface area contributed by atoms with Crippen LogP contribution in [-0.2, 0) is 12.4 Å². The second-order valence-corrected chi connectivity index (χ2v) is 7.86. The summed E-state index contributed by atoms with van der Waals surface area (Å²) in [6.45, 7) is 10.3. The molecular weight excluding hydrogens is 331 g/mol. The number of unbranched alkanes of at least 4 members (excludes halogenated alkanes) is 10. The van der Waals surface area contributed by atoms with E-state index in [0.717, 1.165) is 12.8 Å². The smallest absolute Gasteiger partial charge is 0.0414 e. The molecule has 0 heterocycles. The molecule has 0 bridgehead atoms. The van der Waals surface area contributed by atoms with E-state index in [0.29, 0.717) is 12.2 Å². The molecular formula is C20H41AlO4. The van der Waals surface area contributed by atoms with E-state index in [1.54, 1.807) is 0 Å². The molecule has 0 saturated carbocycles. The predicted octanol–water partition coefficient (Wildman–Crippen LogP) is 4.81. The average Bonchev–Trinajstić information content (AvgIpc) is 2.52. The van der Waals surface area contributed by atoms with Crippen molar-refractivity contribution in [2.24, 2.45) is 0 Å². The van der Waals surface area contributed by atoms with Gasteiger partial charge in [-0.15, -0.1) is 0 Å². The maximum absolute atomic E-state index is 10.1. The number of aliphatic carboxylic acids is 1. The fraction of sp³-hybridized carbons (Fsp3) is 0.950. The van der Waals surface area contributed by atoms with Gasteiger partial charge >= 0.3 is 63.4 Å². The third-order valence-electron chi connectivity index (χ3n) is 3.64. The van der Waals surface area contributed by atoms with Gasteiger partial charge in [0.15, 0.2) is 0 Å². The summed E-state index contributed by atoms with van der Waals surface area (Å²) < 4.78 is 10.4. The van der Waals surface area contributed by atoms with Gasteiger partial charge in [-0.3, -0.25) is 0 Å². The second kappa shape index (κ2) is 22.0.